The third-order valence-electron chi connectivity index (χ3n) is 3.13. The second kappa shape index (κ2) is 6.93. The van der Waals surface area contributed by atoms with Gasteiger partial charge in [0.25, 0.3) is 5.91 Å². The van der Waals surface area contributed by atoms with Gasteiger partial charge in [-0.2, -0.15) is 0 Å². The van der Waals surface area contributed by atoms with E-state index in [9.17, 15) is 9.59 Å². The van der Waals surface area contributed by atoms with E-state index in [-0.39, 0.29) is 12.5 Å². The molecule has 1 N–H and O–H groups in total. The smallest absolute Gasteiger partial charge is 0.338 e. The third-order valence-corrected chi connectivity index (χ3v) is 3.13. The second-order valence-corrected chi connectivity index (χ2v) is 5.22. The zero-order chi connectivity index (χ0) is 16.1. The van der Waals surface area contributed by atoms with Gasteiger partial charge in [-0.05, 0) is 45.0 Å². The van der Waals surface area contributed by atoms with Crippen molar-refractivity contribution in [3.63, 3.8) is 0 Å². The Labute approximate surface area is 129 Å². The van der Waals surface area contributed by atoms with Gasteiger partial charge in [0, 0.05) is 0 Å². The molecule has 1 aromatic carbocycles. The van der Waals surface area contributed by atoms with Crippen LogP contribution in [0.4, 0.5) is 0 Å². The number of carbonyl (C=O) groups is 2. The number of amides is 1. The highest BCUT2D eigenvalue weighted by molar-refractivity contribution is 5.92. The average Bonchev–Trinajstić information content (AvgIpc) is 2.96. The summed E-state index contributed by atoms with van der Waals surface area (Å²) in [4.78, 5) is 24.0. The predicted octanol–water partition coefficient (Wildman–Crippen LogP) is 2.76. The number of nitrogens with one attached hydrogen (secondary N) is 1. The molecule has 1 aromatic heterocycles. The number of benzene rings is 1. The molecule has 22 heavy (non-hydrogen) atoms. The molecule has 0 saturated carbocycles. The second-order valence-electron chi connectivity index (χ2n) is 5.22. The molecule has 5 nitrogen and oxygen atoms in total. The summed E-state index contributed by atoms with van der Waals surface area (Å²) in [6, 6.07) is 8.94. The first kappa shape index (κ1) is 15.8. The molecule has 0 spiro atoms. The van der Waals surface area contributed by atoms with Crippen LogP contribution >= 0.6 is 0 Å². The van der Waals surface area contributed by atoms with Gasteiger partial charge in [-0.15, -0.1) is 0 Å². The Balaban J connectivity index is 1.91. The maximum Gasteiger partial charge on any atom is 0.338 e. The van der Waals surface area contributed by atoms with Crippen LogP contribution < -0.4 is 5.32 Å². The summed E-state index contributed by atoms with van der Waals surface area (Å²) < 4.78 is 10.3. The molecule has 2 rings (SSSR count). The summed E-state index contributed by atoms with van der Waals surface area (Å²) in [5, 5.41) is 2.65. The summed E-state index contributed by atoms with van der Waals surface area (Å²) in [6.07, 6.45) is 0.661. The Morgan fingerprint density at radius 2 is 1.91 bits per heavy atom. The van der Waals surface area contributed by atoms with Crippen LogP contribution in [0.2, 0.25) is 0 Å². The number of aryl methyl sites for hydroxylation is 2. The normalized spacial score (nSPS) is 11.8. The molecule has 5 heteroatoms. The van der Waals surface area contributed by atoms with Crippen LogP contribution in [0.15, 0.2) is 41.0 Å². The monoisotopic (exact) mass is 301 g/mol. The number of hydrogen-bond acceptors (Lipinski definition) is 4. The summed E-state index contributed by atoms with van der Waals surface area (Å²) in [5.41, 5.74) is 2.40. The highest BCUT2D eigenvalue weighted by Crippen LogP contribution is 2.11. The van der Waals surface area contributed by atoms with Gasteiger partial charge in [0.15, 0.2) is 6.10 Å². The first-order valence-electron chi connectivity index (χ1n) is 7.05. The quantitative estimate of drug-likeness (QED) is 0.862. The summed E-state index contributed by atoms with van der Waals surface area (Å²) in [7, 11) is 0. The van der Waals surface area contributed by atoms with Crippen LogP contribution in [0.3, 0.4) is 0 Å². The lowest BCUT2D eigenvalue weighted by atomic mass is 10.1. The van der Waals surface area contributed by atoms with E-state index >= 15 is 0 Å². The van der Waals surface area contributed by atoms with E-state index in [0.29, 0.717) is 11.3 Å². The number of hydrogen-bond donors (Lipinski definition) is 1. The third kappa shape index (κ3) is 4.22. The van der Waals surface area contributed by atoms with Crippen LogP contribution in [0, 0.1) is 13.8 Å². The van der Waals surface area contributed by atoms with Gasteiger partial charge >= 0.3 is 5.97 Å². The predicted molar refractivity (Wildman–Crippen MR) is 81.3 cm³/mol. The largest absolute Gasteiger partial charge is 0.467 e. The van der Waals surface area contributed by atoms with Crippen LogP contribution in [-0.4, -0.2) is 18.0 Å². The fourth-order valence-corrected chi connectivity index (χ4v) is 2.11. The van der Waals surface area contributed by atoms with Gasteiger partial charge in [0.2, 0.25) is 0 Å². The molecule has 0 aliphatic carbocycles. The Hall–Kier alpha value is -2.56. The fraction of sp³-hybridized carbons (Fsp3) is 0.294. The van der Waals surface area contributed by atoms with Crippen molar-refractivity contribution >= 4 is 11.9 Å². The van der Waals surface area contributed by atoms with E-state index in [0.717, 1.165) is 11.1 Å². The minimum absolute atomic E-state index is 0.261. The standard InChI is InChI=1S/C17H19NO4/c1-11-7-12(2)9-14(8-11)17(20)22-13(3)16(19)18-10-15-5-4-6-21-15/h4-9,13H,10H2,1-3H3,(H,18,19)/t13-/m0/s1. The maximum absolute atomic E-state index is 12.1. The molecule has 0 aliphatic rings. The zero-order valence-corrected chi connectivity index (χ0v) is 12.9. The summed E-state index contributed by atoms with van der Waals surface area (Å²) in [6.45, 7) is 5.61. The van der Waals surface area contributed by atoms with Crippen molar-refractivity contribution in [2.75, 3.05) is 0 Å². The van der Waals surface area contributed by atoms with E-state index in [1.807, 2.05) is 19.9 Å². The van der Waals surface area contributed by atoms with E-state index in [1.165, 1.54) is 13.2 Å². The van der Waals surface area contributed by atoms with Gasteiger partial charge in [0.05, 0.1) is 18.4 Å². The highest BCUT2D eigenvalue weighted by atomic mass is 16.5. The summed E-state index contributed by atoms with van der Waals surface area (Å²) >= 11 is 0. The Kier molecular flexibility index (Phi) is 4.99. The Morgan fingerprint density at radius 3 is 2.50 bits per heavy atom. The average molecular weight is 301 g/mol. The molecule has 1 atom stereocenters. The number of esters is 1. The maximum atomic E-state index is 12.1. The SMILES string of the molecule is Cc1cc(C)cc(C(=O)O[C@@H](C)C(=O)NCc2ccco2)c1. The molecule has 2 aromatic rings. The van der Waals surface area contributed by atoms with Gasteiger partial charge < -0.3 is 14.5 Å². The van der Waals surface area contributed by atoms with E-state index < -0.39 is 12.1 Å². The molecule has 0 bridgehead atoms. The number of rotatable bonds is 5. The zero-order valence-electron chi connectivity index (χ0n) is 12.9. The lowest BCUT2D eigenvalue weighted by Gasteiger charge is -2.13. The van der Waals surface area contributed by atoms with Gasteiger partial charge in [-0.1, -0.05) is 17.2 Å². The topological polar surface area (TPSA) is 68.5 Å². The van der Waals surface area contributed by atoms with Crippen LogP contribution in [-0.2, 0) is 16.1 Å². The Morgan fingerprint density at radius 1 is 1.23 bits per heavy atom. The van der Waals surface area contributed by atoms with Crippen LogP contribution in [0.25, 0.3) is 0 Å². The van der Waals surface area contributed by atoms with Crippen molar-refractivity contribution in [2.45, 2.75) is 33.4 Å². The molecule has 0 radical (unpaired) electrons. The first-order chi connectivity index (χ1) is 10.5. The molecule has 116 valence electrons. The molecule has 0 fully saturated rings. The molecule has 0 saturated heterocycles. The Bertz CT molecular complexity index is 641. The van der Waals surface area contributed by atoms with Crippen molar-refractivity contribution in [3.8, 4) is 0 Å². The van der Waals surface area contributed by atoms with Crippen molar-refractivity contribution < 1.29 is 18.7 Å². The minimum atomic E-state index is -0.872. The van der Waals surface area contributed by atoms with E-state index in [2.05, 4.69) is 5.32 Å². The first-order valence-corrected chi connectivity index (χ1v) is 7.05. The molecule has 0 unspecified atom stereocenters. The van der Waals surface area contributed by atoms with E-state index in [4.69, 9.17) is 9.15 Å². The van der Waals surface area contributed by atoms with Crippen LogP contribution in [0.5, 0.6) is 0 Å². The molecular weight excluding hydrogens is 282 g/mol. The van der Waals surface area contributed by atoms with E-state index in [1.54, 1.807) is 24.3 Å². The van der Waals surface area contributed by atoms with Crippen LogP contribution in [0.1, 0.15) is 34.2 Å². The van der Waals surface area contributed by atoms with Gasteiger partial charge in [0.1, 0.15) is 5.76 Å². The highest BCUT2D eigenvalue weighted by Gasteiger charge is 2.19. The minimum Gasteiger partial charge on any atom is -0.467 e. The lowest BCUT2D eigenvalue weighted by molar-refractivity contribution is -0.129. The summed E-state index contributed by atoms with van der Waals surface area (Å²) in [5.74, 6) is -0.234. The van der Waals surface area contributed by atoms with Crippen molar-refractivity contribution in [1.29, 1.82) is 0 Å². The fourth-order valence-electron chi connectivity index (χ4n) is 2.11. The number of ether oxygens (including phenoxy) is 1. The molecule has 1 heterocycles. The lowest BCUT2D eigenvalue weighted by Crippen LogP contribution is -2.35. The molecule has 1 amide bonds. The number of furan rings is 1. The number of carbonyl (C=O) groups excluding carboxylic acids is 2. The van der Waals surface area contributed by atoms with Crippen molar-refractivity contribution in [2.24, 2.45) is 0 Å². The van der Waals surface area contributed by atoms with Gasteiger partial charge in [-0.25, -0.2) is 4.79 Å². The molecule has 0 aliphatic heterocycles. The van der Waals surface area contributed by atoms with Gasteiger partial charge in [-0.3, -0.25) is 4.79 Å². The van der Waals surface area contributed by atoms with Crippen molar-refractivity contribution in [3.05, 3.63) is 59.0 Å². The molecular formula is C17H19NO4. The van der Waals surface area contributed by atoms with Crippen molar-refractivity contribution in [1.82, 2.24) is 5.32 Å².